The van der Waals surface area contributed by atoms with Gasteiger partial charge in [0.1, 0.15) is 10.6 Å². The van der Waals surface area contributed by atoms with Gasteiger partial charge in [-0.25, -0.2) is 4.79 Å². The average Bonchev–Trinajstić information content (AvgIpc) is 2.79. The van der Waals surface area contributed by atoms with Crippen LogP contribution in [-0.2, 0) is 11.2 Å². The lowest BCUT2D eigenvalue weighted by Gasteiger charge is -2.07. The maximum atomic E-state index is 12.0. The number of carbonyl (C=O) groups is 1. The zero-order valence-corrected chi connectivity index (χ0v) is 13.5. The summed E-state index contributed by atoms with van der Waals surface area (Å²) in [6.07, 6.45) is 3.47. The Morgan fingerprint density at radius 2 is 1.95 bits per heavy atom. The zero-order valence-electron chi connectivity index (χ0n) is 12.7. The molecule has 21 heavy (non-hydrogen) atoms. The molecule has 0 saturated heterocycles. The summed E-state index contributed by atoms with van der Waals surface area (Å²) in [5.74, 6) is -0.373. The monoisotopic (exact) mass is 303 g/mol. The molecule has 1 aromatic carbocycles. The van der Waals surface area contributed by atoms with Crippen molar-refractivity contribution in [2.45, 2.75) is 33.1 Å². The molecule has 0 unspecified atom stereocenters. The van der Waals surface area contributed by atoms with E-state index in [9.17, 15) is 4.79 Å². The summed E-state index contributed by atoms with van der Waals surface area (Å²) in [6.45, 7) is 4.17. The number of methoxy groups -OCH3 is 1. The van der Waals surface area contributed by atoms with E-state index in [-0.39, 0.29) is 5.97 Å². The summed E-state index contributed by atoms with van der Waals surface area (Å²) >= 11 is 1.43. The van der Waals surface area contributed by atoms with Crippen molar-refractivity contribution in [1.29, 1.82) is 0 Å². The van der Waals surface area contributed by atoms with Gasteiger partial charge >= 0.3 is 5.97 Å². The molecule has 0 saturated carbocycles. The largest absolute Gasteiger partial charge is 0.465 e. The normalized spacial score (nSPS) is 10.6. The smallest absolute Gasteiger partial charge is 0.341 e. The van der Waals surface area contributed by atoms with Gasteiger partial charge in [-0.3, -0.25) is 0 Å². The highest BCUT2D eigenvalue weighted by molar-refractivity contribution is 7.16. The molecular formula is C17H21NO2S. The maximum Gasteiger partial charge on any atom is 0.341 e. The molecule has 0 bridgehead atoms. The lowest BCUT2D eigenvalue weighted by molar-refractivity contribution is 0.0603. The van der Waals surface area contributed by atoms with Crippen LogP contribution >= 0.6 is 11.3 Å². The molecule has 2 N–H and O–H groups in total. The van der Waals surface area contributed by atoms with Gasteiger partial charge in [0.15, 0.2) is 0 Å². The minimum absolute atomic E-state index is 0.373. The highest BCUT2D eigenvalue weighted by Crippen LogP contribution is 2.38. The van der Waals surface area contributed by atoms with Crippen molar-refractivity contribution in [3.8, 4) is 11.1 Å². The van der Waals surface area contributed by atoms with E-state index in [4.69, 9.17) is 10.5 Å². The van der Waals surface area contributed by atoms with E-state index in [2.05, 4.69) is 31.2 Å². The Morgan fingerprint density at radius 1 is 1.29 bits per heavy atom. The van der Waals surface area contributed by atoms with E-state index in [0.717, 1.165) is 22.4 Å². The highest BCUT2D eigenvalue weighted by Gasteiger charge is 2.22. The number of benzene rings is 1. The minimum atomic E-state index is -0.373. The molecule has 0 spiro atoms. The van der Waals surface area contributed by atoms with Crippen molar-refractivity contribution >= 4 is 22.3 Å². The molecule has 4 heteroatoms. The molecule has 3 nitrogen and oxygen atoms in total. The van der Waals surface area contributed by atoms with Gasteiger partial charge in [-0.1, -0.05) is 37.6 Å². The molecule has 112 valence electrons. The van der Waals surface area contributed by atoms with Crippen molar-refractivity contribution in [2.75, 3.05) is 12.8 Å². The Kier molecular flexibility index (Phi) is 5.02. The molecule has 0 amide bonds. The van der Waals surface area contributed by atoms with E-state index < -0.39 is 0 Å². The van der Waals surface area contributed by atoms with Crippen molar-refractivity contribution in [3.63, 3.8) is 0 Å². The summed E-state index contributed by atoms with van der Waals surface area (Å²) in [7, 11) is 1.38. The maximum absolute atomic E-state index is 12.0. The minimum Gasteiger partial charge on any atom is -0.465 e. The molecule has 1 heterocycles. The Morgan fingerprint density at radius 3 is 2.52 bits per heavy atom. The summed E-state index contributed by atoms with van der Waals surface area (Å²) < 4.78 is 4.86. The fourth-order valence-corrected chi connectivity index (χ4v) is 3.38. The SMILES string of the molecule is CCCCc1ccc(-c2c(C)sc(N)c2C(=O)OC)cc1. The van der Waals surface area contributed by atoms with E-state index in [1.807, 2.05) is 6.92 Å². The number of nitrogens with two attached hydrogens (primary N) is 1. The van der Waals surface area contributed by atoms with Crippen LogP contribution in [0.2, 0.25) is 0 Å². The Bertz CT molecular complexity index is 629. The lowest BCUT2D eigenvalue weighted by atomic mass is 9.99. The van der Waals surface area contributed by atoms with Crippen molar-refractivity contribution < 1.29 is 9.53 Å². The van der Waals surface area contributed by atoms with Crippen LogP contribution in [-0.4, -0.2) is 13.1 Å². The van der Waals surface area contributed by atoms with E-state index in [1.54, 1.807) is 0 Å². The summed E-state index contributed by atoms with van der Waals surface area (Å²) in [5.41, 5.74) is 9.69. The number of esters is 1. The van der Waals surface area contributed by atoms with Gasteiger partial charge in [0.25, 0.3) is 0 Å². The molecule has 0 atom stereocenters. The molecule has 0 aliphatic rings. The third kappa shape index (κ3) is 3.27. The number of hydrogen-bond donors (Lipinski definition) is 1. The number of anilines is 1. The van der Waals surface area contributed by atoms with Crippen LogP contribution in [0.15, 0.2) is 24.3 Å². The highest BCUT2D eigenvalue weighted by atomic mass is 32.1. The van der Waals surface area contributed by atoms with Crippen LogP contribution in [0.3, 0.4) is 0 Å². The fourth-order valence-electron chi connectivity index (χ4n) is 2.44. The van der Waals surface area contributed by atoms with E-state index in [0.29, 0.717) is 10.6 Å². The van der Waals surface area contributed by atoms with Crippen LogP contribution in [0.1, 0.15) is 40.6 Å². The third-order valence-electron chi connectivity index (χ3n) is 3.56. The number of nitrogen functional groups attached to an aromatic ring is 1. The predicted molar refractivity (Wildman–Crippen MR) is 88.9 cm³/mol. The molecule has 0 aliphatic heterocycles. The second-order valence-electron chi connectivity index (χ2n) is 5.06. The molecule has 0 fully saturated rings. The molecule has 0 radical (unpaired) electrons. The van der Waals surface area contributed by atoms with Gasteiger partial charge in [0.2, 0.25) is 0 Å². The van der Waals surface area contributed by atoms with Crippen molar-refractivity contribution in [3.05, 3.63) is 40.3 Å². The topological polar surface area (TPSA) is 52.3 Å². The molecule has 2 aromatic rings. The van der Waals surface area contributed by atoms with Gasteiger partial charge < -0.3 is 10.5 Å². The zero-order chi connectivity index (χ0) is 15.4. The first-order valence-corrected chi connectivity index (χ1v) is 7.96. The first-order valence-electron chi connectivity index (χ1n) is 7.15. The van der Waals surface area contributed by atoms with Crippen LogP contribution in [0.5, 0.6) is 0 Å². The van der Waals surface area contributed by atoms with Gasteiger partial charge in [-0.2, -0.15) is 0 Å². The summed E-state index contributed by atoms with van der Waals surface area (Å²) in [4.78, 5) is 13.0. The van der Waals surface area contributed by atoms with Gasteiger partial charge in [0, 0.05) is 10.4 Å². The van der Waals surface area contributed by atoms with Crippen molar-refractivity contribution in [2.24, 2.45) is 0 Å². The Hall–Kier alpha value is -1.81. The number of rotatable bonds is 5. The van der Waals surface area contributed by atoms with Crippen LogP contribution in [0.4, 0.5) is 5.00 Å². The molecule has 2 rings (SSSR count). The second-order valence-corrected chi connectivity index (χ2v) is 6.32. The molecule has 0 aliphatic carbocycles. The number of ether oxygens (including phenoxy) is 1. The van der Waals surface area contributed by atoms with Gasteiger partial charge in [-0.15, -0.1) is 11.3 Å². The summed E-state index contributed by atoms with van der Waals surface area (Å²) in [6, 6.07) is 8.37. The van der Waals surface area contributed by atoms with E-state index in [1.165, 1.54) is 36.9 Å². The lowest BCUT2D eigenvalue weighted by Crippen LogP contribution is -2.04. The predicted octanol–water partition coefficient (Wildman–Crippen LogP) is 4.43. The van der Waals surface area contributed by atoms with Gasteiger partial charge in [0.05, 0.1) is 7.11 Å². The average molecular weight is 303 g/mol. The van der Waals surface area contributed by atoms with Crippen molar-refractivity contribution in [1.82, 2.24) is 0 Å². The first-order chi connectivity index (χ1) is 10.1. The third-order valence-corrected chi connectivity index (χ3v) is 4.50. The Labute approximate surface area is 129 Å². The Balaban J connectivity index is 2.40. The second kappa shape index (κ2) is 6.76. The first kappa shape index (κ1) is 15.6. The fraction of sp³-hybridized carbons (Fsp3) is 0.353. The molecule has 1 aromatic heterocycles. The van der Waals surface area contributed by atoms with Crippen LogP contribution < -0.4 is 5.73 Å². The number of thiophene rings is 1. The van der Waals surface area contributed by atoms with Crippen LogP contribution in [0, 0.1) is 6.92 Å². The standard InChI is InChI=1S/C17H21NO2S/c1-4-5-6-12-7-9-13(10-8-12)14-11(2)21-16(18)15(14)17(19)20-3/h7-10H,4-6,18H2,1-3H3. The number of hydrogen-bond acceptors (Lipinski definition) is 4. The number of carbonyl (C=O) groups excluding carboxylic acids is 1. The summed E-state index contributed by atoms with van der Waals surface area (Å²) in [5, 5.41) is 0.518. The van der Waals surface area contributed by atoms with E-state index >= 15 is 0 Å². The molecular weight excluding hydrogens is 282 g/mol. The quantitative estimate of drug-likeness (QED) is 0.831. The number of unbranched alkanes of at least 4 members (excludes halogenated alkanes) is 1. The van der Waals surface area contributed by atoms with Crippen LogP contribution in [0.25, 0.3) is 11.1 Å². The van der Waals surface area contributed by atoms with Gasteiger partial charge in [-0.05, 0) is 30.9 Å². The number of aryl methyl sites for hydroxylation is 2.